The summed E-state index contributed by atoms with van der Waals surface area (Å²) < 4.78 is 12.8. The SMILES string of the molecule is CCC[C@@H](C)Nc1ccc(F)cc1C. The minimum absolute atomic E-state index is 0.170. The first kappa shape index (κ1) is 11.0. The number of rotatable bonds is 4. The van der Waals surface area contributed by atoms with Crippen LogP contribution >= 0.6 is 0 Å². The topological polar surface area (TPSA) is 12.0 Å². The highest BCUT2D eigenvalue weighted by Gasteiger charge is 2.03. The lowest BCUT2D eigenvalue weighted by atomic mass is 10.1. The predicted octanol–water partition coefficient (Wildman–Crippen LogP) is 3.73. The van der Waals surface area contributed by atoms with E-state index in [4.69, 9.17) is 0 Å². The molecule has 0 aliphatic carbocycles. The quantitative estimate of drug-likeness (QED) is 0.771. The lowest BCUT2D eigenvalue weighted by Gasteiger charge is -2.16. The van der Waals surface area contributed by atoms with Gasteiger partial charge in [-0.15, -0.1) is 0 Å². The van der Waals surface area contributed by atoms with Crippen LogP contribution in [0.25, 0.3) is 0 Å². The van der Waals surface area contributed by atoms with Gasteiger partial charge in [0.15, 0.2) is 0 Å². The van der Waals surface area contributed by atoms with Crippen LogP contribution in [0.5, 0.6) is 0 Å². The number of benzene rings is 1. The summed E-state index contributed by atoms with van der Waals surface area (Å²) >= 11 is 0. The molecule has 78 valence electrons. The Balaban J connectivity index is 2.67. The van der Waals surface area contributed by atoms with Crippen molar-refractivity contribution >= 4 is 5.69 Å². The average molecular weight is 195 g/mol. The van der Waals surface area contributed by atoms with Gasteiger partial charge >= 0.3 is 0 Å². The molecule has 0 saturated heterocycles. The number of nitrogens with one attached hydrogen (secondary N) is 1. The van der Waals surface area contributed by atoms with Gasteiger partial charge in [-0.2, -0.15) is 0 Å². The Morgan fingerprint density at radius 3 is 2.71 bits per heavy atom. The smallest absolute Gasteiger partial charge is 0.123 e. The Bertz CT molecular complexity index is 296. The molecule has 1 nitrogen and oxygen atoms in total. The third-order valence-electron chi connectivity index (χ3n) is 2.31. The minimum Gasteiger partial charge on any atom is -0.382 e. The highest BCUT2D eigenvalue weighted by Crippen LogP contribution is 2.17. The maximum atomic E-state index is 12.8. The van der Waals surface area contributed by atoms with Crippen molar-refractivity contribution in [3.05, 3.63) is 29.6 Å². The van der Waals surface area contributed by atoms with E-state index in [1.807, 2.05) is 6.92 Å². The van der Waals surface area contributed by atoms with E-state index >= 15 is 0 Å². The second-order valence-corrected chi connectivity index (χ2v) is 3.79. The zero-order valence-electron chi connectivity index (χ0n) is 9.10. The molecular formula is C12H18FN. The molecule has 0 unspecified atom stereocenters. The zero-order valence-corrected chi connectivity index (χ0v) is 9.10. The Morgan fingerprint density at radius 2 is 2.14 bits per heavy atom. The third kappa shape index (κ3) is 3.02. The summed E-state index contributed by atoms with van der Waals surface area (Å²) in [6.45, 7) is 6.23. The highest BCUT2D eigenvalue weighted by molar-refractivity contribution is 5.51. The summed E-state index contributed by atoms with van der Waals surface area (Å²) in [5.74, 6) is -0.170. The third-order valence-corrected chi connectivity index (χ3v) is 2.31. The van der Waals surface area contributed by atoms with E-state index in [1.54, 1.807) is 12.1 Å². The summed E-state index contributed by atoms with van der Waals surface area (Å²) in [6, 6.07) is 5.30. The van der Waals surface area contributed by atoms with Crippen molar-refractivity contribution < 1.29 is 4.39 Å². The van der Waals surface area contributed by atoms with Crippen LogP contribution in [0.3, 0.4) is 0 Å². The predicted molar refractivity (Wildman–Crippen MR) is 59.1 cm³/mol. The average Bonchev–Trinajstić information content (AvgIpc) is 2.10. The van der Waals surface area contributed by atoms with Crippen LogP contribution in [0.1, 0.15) is 32.3 Å². The number of anilines is 1. The molecular weight excluding hydrogens is 177 g/mol. The standard InChI is InChI=1S/C12H18FN/c1-4-5-10(3)14-12-7-6-11(13)8-9(12)2/h6-8,10,14H,4-5H2,1-3H3/t10-/m1/s1. The first-order chi connectivity index (χ1) is 6.63. The summed E-state index contributed by atoms with van der Waals surface area (Å²) in [5, 5.41) is 3.37. The molecule has 1 N–H and O–H groups in total. The first-order valence-electron chi connectivity index (χ1n) is 5.16. The van der Waals surface area contributed by atoms with Gasteiger partial charge in [0.2, 0.25) is 0 Å². The Kier molecular flexibility index (Phi) is 3.93. The van der Waals surface area contributed by atoms with Crippen LogP contribution in [-0.2, 0) is 0 Å². The van der Waals surface area contributed by atoms with Crippen molar-refractivity contribution in [3.63, 3.8) is 0 Å². The van der Waals surface area contributed by atoms with Gasteiger partial charge in [0, 0.05) is 11.7 Å². The fourth-order valence-corrected chi connectivity index (χ4v) is 1.56. The summed E-state index contributed by atoms with van der Waals surface area (Å²) in [5.41, 5.74) is 2.00. The normalized spacial score (nSPS) is 12.6. The van der Waals surface area contributed by atoms with E-state index in [2.05, 4.69) is 19.2 Å². The fourth-order valence-electron chi connectivity index (χ4n) is 1.56. The van der Waals surface area contributed by atoms with Gasteiger partial charge in [-0.05, 0) is 44.0 Å². The van der Waals surface area contributed by atoms with Crippen LogP contribution in [0, 0.1) is 12.7 Å². The van der Waals surface area contributed by atoms with E-state index < -0.39 is 0 Å². The maximum absolute atomic E-state index is 12.8. The van der Waals surface area contributed by atoms with Gasteiger partial charge < -0.3 is 5.32 Å². The van der Waals surface area contributed by atoms with Gasteiger partial charge in [0.1, 0.15) is 5.82 Å². The van der Waals surface area contributed by atoms with E-state index in [0.717, 1.165) is 24.1 Å². The van der Waals surface area contributed by atoms with Gasteiger partial charge in [0.05, 0.1) is 0 Å². The summed E-state index contributed by atoms with van der Waals surface area (Å²) in [4.78, 5) is 0. The van der Waals surface area contributed by atoms with Crippen LogP contribution in [0.2, 0.25) is 0 Å². The first-order valence-corrected chi connectivity index (χ1v) is 5.16. The molecule has 0 aliphatic heterocycles. The number of hydrogen-bond donors (Lipinski definition) is 1. The Hall–Kier alpha value is -1.05. The summed E-state index contributed by atoms with van der Waals surface area (Å²) in [7, 11) is 0. The molecule has 2 heteroatoms. The second-order valence-electron chi connectivity index (χ2n) is 3.79. The Labute approximate surface area is 85.3 Å². The molecule has 0 heterocycles. The van der Waals surface area contributed by atoms with Crippen LogP contribution in [0.4, 0.5) is 10.1 Å². The molecule has 14 heavy (non-hydrogen) atoms. The van der Waals surface area contributed by atoms with Gasteiger partial charge in [-0.1, -0.05) is 13.3 Å². The van der Waals surface area contributed by atoms with Crippen molar-refractivity contribution in [1.29, 1.82) is 0 Å². The molecule has 0 bridgehead atoms. The van der Waals surface area contributed by atoms with E-state index in [1.165, 1.54) is 6.07 Å². The minimum atomic E-state index is -0.170. The van der Waals surface area contributed by atoms with Gasteiger partial charge in [-0.3, -0.25) is 0 Å². The van der Waals surface area contributed by atoms with E-state index in [-0.39, 0.29) is 5.82 Å². The van der Waals surface area contributed by atoms with Crippen molar-refractivity contribution in [3.8, 4) is 0 Å². The molecule has 1 rings (SSSR count). The second kappa shape index (κ2) is 4.99. The molecule has 0 amide bonds. The van der Waals surface area contributed by atoms with Crippen molar-refractivity contribution in [2.75, 3.05) is 5.32 Å². The molecule has 0 spiro atoms. The van der Waals surface area contributed by atoms with Crippen molar-refractivity contribution in [1.82, 2.24) is 0 Å². The fraction of sp³-hybridized carbons (Fsp3) is 0.500. The molecule has 0 aromatic heterocycles. The zero-order chi connectivity index (χ0) is 10.6. The number of aryl methyl sites for hydroxylation is 1. The summed E-state index contributed by atoms with van der Waals surface area (Å²) in [6.07, 6.45) is 2.30. The lowest BCUT2D eigenvalue weighted by Crippen LogP contribution is -2.15. The van der Waals surface area contributed by atoms with Crippen LogP contribution in [0.15, 0.2) is 18.2 Å². The number of halogens is 1. The molecule has 0 radical (unpaired) electrons. The highest BCUT2D eigenvalue weighted by atomic mass is 19.1. The molecule has 1 atom stereocenters. The van der Waals surface area contributed by atoms with Crippen LogP contribution < -0.4 is 5.32 Å². The molecule has 1 aromatic carbocycles. The Morgan fingerprint density at radius 1 is 1.43 bits per heavy atom. The molecule has 0 fully saturated rings. The van der Waals surface area contributed by atoms with Crippen LogP contribution in [-0.4, -0.2) is 6.04 Å². The number of hydrogen-bond acceptors (Lipinski definition) is 1. The van der Waals surface area contributed by atoms with E-state index in [9.17, 15) is 4.39 Å². The molecule has 0 saturated carbocycles. The largest absolute Gasteiger partial charge is 0.382 e. The van der Waals surface area contributed by atoms with Gasteiger partial charge in [-0.25, -0.2) is 4.39 Å². The molecule has 0 aliphatic rings. The molecule has 1 aromatic rings. The van der Waals surface area contributed by atoms with Gasteiger partial charge in [0.25, 0.3) is 0 Å². The lowest BCUT2D eigenvalue weighted by molar-refractivity contribution is 0.626. The monoisotopic (exact) mass is 195 g/mol. The van der Waals surface area contributed by atoms with E-state index in [0.29, 0.717) is 6.04 Å². The van der Waals surface area contributed by atoms with Crippen molar-refractivity contribution in [2.24, 2.45) is 0 Å². The van der Waals surface area contributed by atoms with Crippen molar-refractivity contribution in [2.45, 2.75) is 39.7 Å². The maximum Gasteiger partial charge on any atom is 0.123 e.